The lowest BCUT2D eigenvalue weighted by Crippen LogP contribution is -2.45. The summed E-state index contributed by atoms with van der Waals surface area (Å²) in [7, 11) is -3.43. The van der Waals surface area contributed by atoms with E-state index in [1.807, 2.05) is 4.90 Å². The van der Waals surface area contributed by atoms with Crippen molar-refractivity contribution in [2.75, 3.05) is 19.4 Å². The molecule has 1 aromatic heterocycles. The number of sulfone groups is 1. The highest BCUT2D eigenvalue weighted by Gasteiger charge is 2.25. The normalized spacial score (nSPS) is 19.0. The number of piperidine rings is 1. The van der Waals surface area contributed by atoms with Crippen LogP contribution in [0.15, 0.2) is 17.6 Å². The first-order valence-corrected chi connectivity index (χ1v) is 9.25. The Morgan fingerprint density at radius 3 is 2.64 bits per heavy atom. The molecule has 0 bridgehead atoms. The lowest BCUT2D eigenvalue weighted by atomic mass is 10.00. The Morgan fingerprint density at radius 1 is 1.36 bits per heavy atom. The van der Waals surface area contributed by atoms with Gasteiger partial charge in [-0.2, -0.15) is 0 Å². The molecule has 122 valence electrons. The van der Waals surface area contributed by atoms with E-state index in [1.165, 1.54) is 12.4 Å². The van der Waals surface area contributed by atoms with Gasteiger partial charge in [0.25, 0.3) is 5.91 Å². The Balaban J connectivity index is 1.93. The Bertz CT molecular complexity index is 615. The summed E-state index contributed by atoms with van der Waals surface area (Å²) in [5.41, 5.74) is 0. The second-order valence-corrected chi connectivity index (χ2v) is 7.32. The number of ether oxygens (including phenoxy) is 1. The summed E-state index contributed by atoms with van der Waals surface area (Å²) >= 11 is 0. The average Bonchev–Trinajstić information content (AvgIpc) is 2.52. The number of hydrogen-bond donors (Lipinski definition) is 0. The molecule has 1 fully saturated rings. The largest absolute Gasteiger partial charge is 0.481 e. The molecule has 2 heterocycles. The number of hydrogen-bond acceptors (Lipinski definition) is 6. The van der Waals surface area contributed by atoms with Crippen molar-refractivity contribution in [2.45, 2.75) is 43.8 Å². The van der Waals surface area contributed by atoms with Gasteiger partial charge < -0.3 is 9.64 Å². The predicted octanol–water partition coefficient (Wildman–Crippen LogP) is 1.05. The SMILES string of the molecule is CC[C@@H]1CCCCN1C(=O)COc1cnc(S(C)(=O)=O)nc1. The van der Waals surface area contributed by atoms with E-state index in [9.17, 15) is 13.2 Å². The van der Waals surface area contributed by atoms with Crippen LogP contribution < -0.4 is 4.74 Å². The minimum atomic E-state index is -3.43. The maximum absolute atomic E-state index is 12.2. The molecular weight excluding hydrogens is 306 g/mol. The molecule has 0 aliphatic carbocycles. The van der Waals surface area contributed by atoms with E-state index >= 15 is 0 Å². The highest BCUT2D eigenvalue weighted by atomic mass is 32.2. The summed E-state index contributed by atoms with van der Waals surface area (Å²) in [6, 6.07) is 0.286. The van der Waals surface area contributed by atoms with E-state index < -0.39 is 9.84 Å². The van der Waals surface area contributed by atoms with Crippen molar-refractivity contribution >= 4 is 15.7 Å². The minimum absolute atomic E-state index is 0.0567. The van der Waals surface area contributed by atoms with Crippen LogP contribution >= 0.6 is 0 Å². The first-order valence-electron chi connectivity index (χ1n) is 7.36. The number of rotatable bonds is 5. The van der Waals surface area contributed by atoms with Crippen LogP contribution in [0.5, 0.6) is 5.75 Å². The zero-order valence-corrected chi connectivity index (χ0v) is 13.7. The van der Waals surface area contributed by atoms with Crippen LogP contribution in [0.4, 0.5) is 0 Å². The van der Waals surface area contributed by atoms with Crippen molar-refractivity contribution in [3.8, 4) is 5.75 Å². The van der Waals surface area contributed by atoms with Gasteiger partial charge in [-0.3, -0.25) is 4.79 Å². The first kappa shape index (κ1) is 16.7. The predicted molar refractivity (Wildman–Crippen MR) is 80.3 cm³/mol. The van der Waals surface area contributed by atoms with E-state index in [4.69, 9.17) is 4.74 Å². The van der Waals surface area contributed by atoms with Gasteiger partial charge in [-0.15, -0.1) is 0 Å². The fourth-order valence-electron chi connectivity index (χ4n) is 2.55. The van der Waals surface area contributed by atoms with E-state index in [-0.39, 0.29) is 29.5 Å². The van der Waals surface area contributed by atoms with Crippen molar-refractivity contribution in [1.29, 1.82) is 0 Å². The monoisotopic (exact) mass is 327 g/mol. The molecule has 0 aromatic carbocycles. The Kier molecular flexibility index (Phi) is 5.33. The van der Waals surface area contributed by atoms with Crippen molar-refractivity contribution < 1.29 is 17.9 Å². The number of carbonyl (C=O) groups is 1. The maximum atomic E-state index is 12.2. The molecule has 1 aliphatic heterocycles. The van der Waals surface area contributed by atoms with Gasteiger partial charge in [-0.1, -0.05) is 6.92 Å². The second-order valence-electron chi connectivity index (χ2n) is 5.41. The maximum Gasteiger partial charge on any atom is 0.260 e. The lowest BCUT2D eigenvalue weighted by Gasteiger charge is -2.35. The average molecular weight is 327 g/mol. The number of aromatic nitrogens is 2. The van der Waals surface area contributed by atoms with E-state index in [1.54, 1.807) is 0 Å². The molecule has 0 spiro atoms. The fourth-order valence-corrected chi connectivity index (χ4v) is 3.04. The molecular formula is C14H21N3O4S. The van der Waals surface area contributed by atoms with Crippen LogP contribution in [-0.4, -0.2) is 54.6 Å². The number of nitrogens with zero attached hydrogens (tertiary/aromatic N) is 3. The van der Waals surface area contributed by atoms with Crippen molar-refractivity contribution in [1.82, 2.24) is 14.9 Å². The molecule has 22 heavy (non-hydrogen) atoms. The summed E-state index contributed by atoms with van der Waals surface area (Å²) in [6.07, 6.45) is 7.73. The third-order valence-corrected chi connectivity index (χ3v) is 4.59. The fraction of sp³-hybridized carbons (Fsp3) is 0.643. The molecule has 0 unspecified atom stereocenters. The Labute approximate surface area is 130 Å². The van der Waals surface area contributed by atoms with Gasteiger partial charge in [-0.05, 0) is 25.7 Å². The van der Waals surface area contributed by atoms with Crippen LogP contribution in [0.1, 0.15) is 32.6 Å². The van der Waals surface area contributed by atoms with Crippen LogP contribution in [0.3, 0.4) is 0 Å². The third kappa shape index (κ3) is 4.16. The molecule has 1 aliphatic rings. The summed E-state index contributed by atoms with van der Waals surface area (Å²) in [5, 5.41) is -0.256. The second kappa shape index (κ2) is 7.04. The molecule has 0 radical (unpaired) electrons. The van der Waals surface area contributed by atoms with Gasteiger partial charge in [-0.25, -0.2) is 18.4 Å². The summed E-state index contributed by atoms with van der Waals surface area (Å²) in [5.74, 6) is 0.226. The highest BCUT2D eigenvalue weighted by Crippen LogP contribution is 2.19. The molecule has 8 heteroatoms. The van der Waals surface area contributed by atoms with Crippen molar-refractivity contribution in [3.05, 3.63) is 12.4 Å². The highest BCUT2D eigenvalue weighted by molar-refractivity contribution is 7.90. The molecule has 1 atom stereocenters. The molecule has 0 saturated carbocycles. The topological polar surface area (TPSA) is 89.5 Å². The van der Waals surface area contributed by atoms with Gasteiger partial charge in [0, 0.05) is 18.8 Å². The number of carbonyl (C=O) groups excluding carboxylic acids is 1. The molecule has 0 N–H and O–H groups in total. The Hall–Kier alpha value is -1.70. The van der Waals surface area contributed by atoms with Crippen LogP contribution in [0.25, 0.3) is 0 Å². The molecule has 1 amide bonds. The molecule has 2 rings (SSSR count). The lowest BCUT2D eigenvalue weighted by molar-refractivity contribution is -0.137. The van der Waals surface area contributed by atoms with Crippen LogP contribution in [0.2, 0.25) is 0 Å². The number of amides is 1. The van der Waals surface area contributed by atoms with Crippen LogP contribution in [-0.2, 0) is 14.6 Å². The van der Waals surface area contributed by atoms with Gasteiger partial charge in [0.2, 0.25) is 15.0 Å². The van der Waals surface area contributed by atoms with E-state index in [2.05, 4.69) is 16.9 Å². The van der Waals surface area contributed by atoms with Gasteiger partial charge in [0.1, 0.15) is 0 Å². The summed E-state index contributed by atoms with van der Waals surface area (Å²) in [4.78, 5) is 21.5. The first-order chi connectivity index (χ1) is 10.4. The quantitative estimate of drug-likeness (QED) is 0.751. The standard InChI is InChI=1S/C14H21N3O4S/c1-3-11-6-4-5-7-17(11)13(18)10-21-12-8-15-14(16-9-12)22(2,19)20/h8-9,11H,3-7,10H2,1-2H3/t11-/m1/s1. The van der Waals surface area contributed by atoms with Crippen molar-refractivity contribution in [3.63, 3.8) is 0 Å². The van der Waals surface area contributed by atoms with Crippen molar-refractivity contribution in [2.24, 2.45) is 0 Å². The molecule has 7 nitrogen and oxygen atoms in total. The van der Waals surface area contributed by atoms with Gasteiger partial charge >= 0.3 is 0 Å². The van der Waals surface area contributed by atoms with E-state index in [0.717, 1.165) is 38.5 Å². The Morgan fingerprint density at radius 2 is 2.05 bits per heavy atom. The summed E-state index contributed by atoms with van der Waals surface area (Å²) < 4.78 is 27.9. The molecule has 1 aromatic rings. The minimum Gasteiger partial charge on any atom is -0.481 e. The summed E-state index contributed by atoms with van der Waals surface area (Å²) in [6.45, 7) is 2.76. The zero-order valence-electron chi connectivity index (χ0n) is 12.9. The molecule has 1 saturated heterocycles. The van der Waals surface area contributed by atoms with E-state index in [0.29, 0.717) is 0 Å². The van der Waals surface area contributed by atoms with Crippen LogP contribution in [0, 0.1) is 0 Å². The third-order valence-electron chi connectivity index (χ3n) is 3.72. The van der Waals surface area contributed by atoms with Gasteiger partial charge in [0.15, 0.2) is 12.4 Å². The van der Waals surface area contributed by atoms with Gasteiger partial charge in [0.05, 0.1) is 12.4 Å². The number of likely N-dealkylation sites (tertiary alicyclic amines) is 1. The smallest absolute Gasteiger partial charge is 0.260 e. The zero-order chi connectivity index (χ0) is 16.2.